The third kappa shape index (κ3) is 1.43. The molecule has 0 aromatic heterocycles. The van der Waals surface area contributed by atoms with Gasteiger partial charge in [-0.3, -0.25) is 10.2 Å². The number of hydrogen-bond donors (Lipinski definition) is 2. The van der Waals surface area contributed by atoms with E-state index in [0.29, 0.717) is 19.7 Å². The molecule has 1 amide bonds. The summed E-state index contributed by atoms with van der Waals surface area (Å²) in [7, 11) is 0.639. The van der Waals surface area contributed by atoms with Crippen LogP contribution in [0, 0.1) is 0 Å². The van der Waals surface area contributed by atoms with Gasteiger partial charge < -0.3 is 4.65 Å². The fourth-order valence-corrected chi connectivity index (χ4v) is 1.40. The van der Waals surface area contributed by atoms with Gasteiger partial charge in [-0.1, -0.05) is 6.07 Å². The van der Waals surface area contributed by atoms with E-state index in [-0.39, 0.29) is 5.91 Å². The van der Waals surface area contributed by atoms with Gasteiger partial charge in [0.25, 0.3) is 5.91 Å². The van der Waals surface area contributed by atoms with Crippen LogP contribution in [0.25, 0.3) is 0 Å². The van der Waals surface area contributed by atoms with Gasteiger partial charge in [-0.15, -0.1) is 0 Å². The summed E-state index contributed by atoms with van der Waals surface area (Å²) in [5.74, 6) is 4.75. The van der Waals surface area contributed by atoms with Crippen molar-refractivity contribution in [2.24, 2.45) is 5.84 Å². The quantitative estimate of drug-likeness (QED) is 0.244. The molecule has 0 atom stereocenters. The monoisotopic (exact) mass is 176 g/mol. The SMILES string of the molecule is NNC(=O)c1ccc2c(c1)COB2. The fraction of sp³-hybridized carbons (Fsp3) is 0.125. The summed E-state index contributed by atoms with van der Waals surface area (Å²) in [6.07, 6.45) is 0. The number of hydrazine groups is 1. The average Bonchev–Trinajstić information content (AvgIpc) is 2.63. The molecular formula is C8H9BN2O2. The molecule has 1 aliphatic rings. The second-order valence-electron chi connectivity index (χ2n) is 2.95. The maximum Gasteiger partial charge on any atom is 0.309 e. The Morgan fingerprint density at radius 2 is 2.46 bits per heavy atom. The molecule has 0 spiro atoms. The molecule has 0 saturated heterocycles. The van der Waals surface area contributed by atoms with Crippen molar-refractivity contribution in [1.29, 1.82) is 0 Å². The average molecular weight is 176 g/mol. The number of nitrogen functional groups attached to an aromatic ring is 1. The normalized spacial score (nSPS) is 13.3. The largest absolute Gasteiger partial charge is 0.430 e. The Bertz CT molecular complexity index is 354. The number of carbonyl (C=O) groups is 1. The first-order valence-corrected chi connectivity index (χ1v) is 4.02. The second-order valence-corrected chi connectivity index (χ2v) is 2.95. The number of carbonyl (C=O) groups excluding carboxylic acids is 1. The molecular weight excluding hydrogens is 167 g/mol. The molecule has 0 radical (unpaired) electrons. The maximum absolute atomic E-state index is 11.1. The summed E-state index contributed by atoms with van der Waals surface area (Å²) < 4.78 is 5.22. The van der Waals surface area contributed by atoms with Crippen LogP contribution in [0.1, 0.15) is 15.9 Å². The van der Waals surface area contributed by atoms with Gasteiger partial charge in [-0.05, 0) is 23.2 Å². The van der Waals surface area contributed by atoms with Crippen LogP contribution in [0.4, 0.5) is 0 Å². The molecule has 0 aliphatic carbocycles. The molecule has 1 heterocycles. The lowest BCUT2D eigenvalue weighted by atomic mass is 9.86. The van der Waals surface area contributed by atoms with Gasteiger partial charge in [-0.25, -0.2) is 5.84 Å². The van der Waals surface area contributed by atoms with E-state index in [1.807, 2.05) is 12.1 Å². The van der Waals surface area contributed by atoms with Crippen molar-refractivity contribution in [3.8, 4) is 0 Å². The van der Waals surface area contributed by atoms with Gasteiger partial charge in [0.15, 0.2) is 0 Å². The summed E-state index contributed by atoms with van der Waals surface area (Å²) in [5.41, 5.74) is 4.89. The first-order valence-electron chi connectivity index (χ1n) is 4.02. The van der Waals surface area contributed by atoms with Crippen molar-refractivity contribution in [2.45, 2.75) is 6.61 Å². The van der Waals surface area contributed by atoms with E-state index in [1.54, 1.807) is 6.07 Å². The summed E-state index contributed by atoms with van der Waals surface area (Å²) in [6.45, 7) is 0.584. The maximum atomic E-state index is 11.1. The molecule has 0 unspecified atom stereocenters. The van der Waals surface area contributed by atoms with Gasteiger partial charge in [0.05, 0.1) is 6.61 Å². The number of rotatable bonds is 1. The standard InChI is InChI=1S/C8H9BN2O2/c10-11-8(12)5-1-2-7-6(3-5)4-13-9-7/h1-3,9H,4,10H2,(H,11,12). The lowest BCUT2D eigenvalue weighted by Gasteiger charge is -2.01. The minimum absolute atomic E-state index is 0.269. The predicted octanol–water partition coefficient (Wildman–Crippen LogP) is -1.20. The van der Waals surface area contributed by atoms with E-state index in [2.05, 4.69) is 5.43 Å². The molecule has 2 rings (SSSR count). The predicted molar refractivity (Wildman–Crippen MR) is 49.7 cm³/mol. The molecule has 3 N–H and O–H groups in total. The number of nitrogens with one attached hydrogen (secondary N) is 1. The molecule has 66 valence electrons. The lowest BCUT2D eigenvalue weighted by Crippen LogP contribution is -2.30. The Hall–Kier alpha value is -1.33. The van der Waals surface area contributed by atoms with Gasteiger partial charge >= 0.3 is 7.48 Å². The van der Waals surface area contributed by atoms with Crippen LogP contribution in [0.15, 0.2) is 18.2 Å². The summed E-state index contributed by atoms with van der Waals surface area (Å²) in [5, 5.41) is 0. The Labute approximate surface area is 76.3 Å². The minimum Gasteiger partial charge on any atom is -0.430 e. The van der Waals surface area contributed by atoms with Crippen LogP contribution in [0.5, 0.6) is 0 Å². The molecule has 0 fully saturated rings. The van der Waals surface area contributed by atoms with Crippen molar-refractivity contribution in [3.05, 3.63) is 29.3 Å². The lowest BCUT2D eigenvalue weighted by molar-refractivity contribution is 0.0953. The second kappa shape index (κ2) is 3.20. The van der Waals surface area contributed by atoms with Crippen LogP contribution in [-0.2, 0) is 11.3 Å². The van der Waals surface area contributed by atoms with E-state index in [1.165, 1.54) is 0 Å². The highest BCUT2D eigenvalue weighted by molar-refractivity contribution is 6.48. The zero-order valence-corrected chi connectivity index (χ0v) is 7.04. The molecule has 13 heavy (non-hydrogen) atoms. The van der Waals surface area contributed by atoms with Crippen LogP contribution >= 0.6 is 0 Å². The smallest absolute Gasteiger partial charge is 0.309 e. The van der Waals surface area contributed by atoms with E-state index in [9.17, 15) is 4.79 Å². The van der Waals surface area contributed by atoms with Crippen molar-refractivity contribution in [3.63, 3.8) is 0 Å². The molecule has 0 bridgehead atoms. The van der Waals surface area contributed by atoms with E-state index in [0.717, 1.165) is 11.0 Å². The van der Waals surface area contributed by atoms with Crippen molar-refractivity contribution >= 4 is 18.9 Å². The summed E-state index contributed by atoms with van der Waals surface area (Å²) in [6, 6.07) is 5.45. The Balaban J connectivity index is 2.36. The highest BCUT2D eigenvalue weighted by atomic mass is 16.4. The van der Waals surface area contributed by atoms with Gasteiger partial charge in [0.1, 0.15) is 0 Å². The van der Waals surface area contributed by atoms with E-state index >= 15 is 0 Å². The van der Waals surface area contributed by atoms with Crippen LogP contribution in [-0.4, -0.2) is 13.4 Å². The van der Waals surface area contributed by atoms with Crippen molar-refractivity contribution in [2.75, 3.05) is 0 Å². The Kier molecular flexibility index (Phi) is 2.04. The first-order chi connectivity index (χ1) is 6.31. The number of fused-ring (bicyclic) bond motifs is 1. The summed E-state index contributed by atoms with van der Waals surface area (Å²) in [4.78, 5) is 11.1. The van der Waals surface area contributed by atoms with Crippen molar-refractivity contribution in [1.82, 2.24) is 5.43 Å². The number of benzene rings is 1. The molecule has 1 aromatic rings. The highest BCUT2D eigenvalue weighted by Crippen LogP contribution is 2.08. The number of amides is 1. The topological polar surface area (TPSA) is 64.3 Å². The van der Waals surface area contributed by atoms with Crippen LogP contribution in [0.2, 0.25) is 0 Å². The van der Waals surface area contributed by atoms with E-state index < -0.39 is 0 Å². The summed E-state index contributed by atoms with van der Waals surface area (Å²) >= 11 is 0. The van der Waals surface area contributed by atoms with Crippen molar-refractivity contribution < 1.29 is 9.45 Å². The van der Waals surface area contributed by atoms with Gasteiger partial charge in [0, 0.05) is 5.56 Å². The Morgan fingerprint density at radius 1 is 1.62 bits per heavy atom. The first kappa shape index (κ1) is 8.28. The molecule has 1 aromatic carbocycles. The van der Waals surface area contributed by atoms with Gasteiger partial charge in [0.2, 0.25) is 0 Å². The molecule has 4 nitrogen and oxygen atoms in total. The van der Waals surface area contributed by atoms with Crippen LogP contribution < -0.4 is 16.7 Å². The molecule has 0 saturated carbocycles. The number of nitrogens with two attached hydrogens (primary N) is 1. The van der Waals surface area contributed by atoms with Crippen LogP contribution in [0.3, 0.4) is 0 Å². The third-order valence-electron chi connectivity index (χ3n) is 2.11. The van der Waals surface area contributed by atoms with E-state index in [4.69, 9.17) is 10.5 Å². The number of hydrogen-bond acceptors (Lipinski definition) is 3. The minimum atomic E-state index is -0.269. The highest BCUT2D eigenvalue weighted by Gasteiger charge is 2.14. The van der Waals surface area contributed by atoms with Gasteiger partial charge in [-0.2, -0.15) is 0 Å². The Morgan fingerprint density at radius 3 is 3.23 bits per heavy atom. The molecule has 1 aliphatic heterocycles. The zero-order valence-electron chi connectivity index (χ0n) is 7.04. The third-order valence-corrected chi connectivity index (χ3v) is 2.11. The zero-order chi connectivity index (χ0) is 9.26. The fourth-order valence-electron chi connectivity index (χ4n) is 1.40. The molecule has 5 heteroatoms.